The quantitative estimate of drug-likeness (QED) is 0.151. The minimum absolute atomic E-state index is 0.658. The van der Waals surface area contributed by atoms with Gasteiger partial charge in [-0.15, -0.1) is 11.3 Å². The number of hydrogen-bond acceptors (Lipinski definition) is 6. The molecule has 25 aromatic rings. The fourth-order valence-corrected chi connectivity index (χ4v) is 19.2. The van der Waals surface area contributed by atoms with Gasteiger partial charge in [-0.25, -0.2) is 19.9 Å². The predicted octanol–water partition coefficient (Wildman–Crippen LogP) is 27.7. The van der Waals surface area contributed by atoms with Gasteiger partial charge in [0.2, 0.25) is 0 Å². The maximum absolute atomic E-state index is 6.53. The Morgan fingerprint density at radius 3 is 1.19 bits per heavy atom. The zero-order valence-electron chi connectivity index (χ0n) is 61.2. The van der Waals surface area contributed by atoms with Crippen molar-refractivity contribution >= 4 is 173 Å². The average Bonchev–Trinajstić information content (AvgIpc) is 2.02. The Bertz CT molecular complexity index is 8310. The van der Waals surface area contributed by atoms with Gasteiger partial charge in [0.25, 0.3) is 0 Å². The van der Waals surface area contributed by atoms with E-state index in [0.717, 1.165) is 122 Å². The van der Waals surface area contributed by atoms with E-state index in [0.29, 0.717) is 11.4 Å². The lowest BCUT2D eigenvalue weighted by molar-refractivity contribution is 0.667. The largest absolute Gasteiger partial charge is 0.452 e. The first-order valence-electron chi connectivity index (χ1n) is 38.6. The molecule has 25 rings (SSSR count). The molecule has 0 saturated carbocycles. The normalized spacial score (nSPS) is 12.0. The van der Waals surface area contributed by atoms with Crippen LogP contribution in [0.2, 0.25) is 0 Å². The topological polar surface area (TPSA) is 84.4 Å². The van der Waals surface area contributed by atoms with Crippen LogP contribution >= 0.6 is 11.3 Å². The fraction of sp³-hybridized carbons (Fsp3) is 0. The summed E-state index contributed by atoms with van der Waals surface area (Å²) in [4.78, 5) is 21.4. The van der Waals surface area contributed by atoms with Crippen LogP contribution in [-0.4, -0.2) is 38.2 Å². The van der Waals surface area contributed by atoms with E-state index in [2.05, 4.69) is 376 Å². The molecule has 0 spiro atoms. The molecular formula is C104H62N8OS. The summed E-state index contributed by atoms with van der Waals surface area (Å²) in [5.74, 6) is 1.38. The third-order valence-corrected chi connectivity index (χ3v) is 24.4. The SMILES string of the molecule is c1ccc(-n2c3ccccc3c3cc(-c4nc(-c5ccc(-n6c7ccccc7c7cc8ccccc8cc76)c6ccccc56)c5sc6ccccc6c5n4)ccc32)cc1.c1ccc(-n2c3ccccc3c3cc(-c4nc(-c5ccc(-n6c7ccccc7c7cc8ccccc8cc76)cc5)c5oc6ccccc6c5n4)ccc32)cc1. The highest BCUT2D eigenvalue weighted by atomic mass is 32.1. The molecular weight excluding hydrogens is 1410 g/mol. The third kappa shape index (κ3) is 9.84. The molecule has 0 bridgehead atoms. The summed E-state index contributed by atoms with van der Waals surface area (Å²) in [5, 5.41) is 19.1. The van der Waals surface area contributed by atoms with Crippen molar-refractivity contribution < 1.29 is 4.42 Å². The molecule has 0 saturated heterocycles. The van der Waals surface area contributed by atoms with Crippen LogP contribution in [0.5, 0.6) is 0 Å². The highest BCUT2D eigenvalue weighted by molar-refractivity contribution is 7.26. The number of hydrogen-bond donors (Lipinski definition) is 0. The smallest absolute Gasteiger partial charge is 0.180 e. The predicted molar refractivity (Wildman–Crippen MR) is 476 cm³/mol. The maximum atomic E-state index is 6.53. The zero-order chi connectivity index (χ0) is 74.6. The van der Waals surface area contributed by atoms with Crippen molar-refractivity contribution in [2.24, 2.45) is 0 Å². The minimum atomic E-state index is 0.658. The van der Waals surface area contributed by atoms with Crippen LogP contribution in [0.4, 0.5) is 0 Å². The number of rotatable bonds is 8. The molecule has 0 aliphatic carbocycles. The Morgan fingerprint density at radius 2 is 0.632 bits per heavy atom. The number of benzene rings is 17. The van der Waals surface area contributed by atoms with E-state index in [1.54, 1.807) is 11.3 Å². The lowest BCUT2D eigenvalue weighted by Crippen LogP contribution is -1.98. The molecule has 10 heteroatoms. The van der Waals surface area contributed by atoms with Gasteiger partial charge in [-0.3, -0.25) is 0 Å². The van der Waals surface area contributed by atoms with Crippen LogP contribution in [0.25, 0.3) is 230 Å². The molecule has 0 aliphatic rings. The number of fused-ring (bicyclic) bond motifs is 21. The van der Waals surface area contributed by atoms with Crippen molar-refractivity contribution in [3.63, 3.8) is 0 Å². The Morgan fingerprint density at radius 1 is 0.237 bits per heavy atom. The molecule has 530 valence electrons. The maximum Gasteiger partial charge on any atom is 0.180 e. The van der Waals surface area contributed by atoms with Crippen molar-refractivity contribution in [1.82, 2.24) is 38.2 Å². The minimum Gasteiger partial charge on any atom is -0.452 e. The first-order valence-corrected chi connectivity index (χ1v) is 39.4. The summed E-state index contributed by atoms with van der Waals surface area (Å²) < 4.78 is 18.3. The van der Waals surface area contributed by atoms with E-state index >= 15 is 0 Å². The Hall–Kier alpha value is -15.1. The van der Waals surface area contributed by atoms with Crippen LogP contribution in [0, 0.1) is 0 Å². The van der Waals surface area contributed by atoms with Gasteiger partial charge in [-0.2, -0.15) is 0 Å². The van der Waals surface area contributed by atoms with Crippen LogP contribution in [-0.2, 0) is 0 Å². The summed E-state index contributed by atoms with van der Waals surface area (Å²) in [6.07, 6.45) is 0. The van der Waals surface area contributed by atoms with E-state index in [4.69, 9.17) is 24.4 Å². The fourth-order valence-electron chi connectivity index (χ4n) is 18.1. The van der Waals surface area contributed by atoms with Crippen molar-refractivity contribution in [2.75, 3.05) is 0 Å². The van der Waals surface area contributed by atoms with Gasteiger partial charge in [0.15, 0.2) is 17.2 Å². The van der Waals surface area contributed by atoms with Gasteiger partial charge < -0.3 is 22.7 Å². The lowest BCUT2D eigenvalue weighted by Gasteiger charge is -2.15. The molecule has 0 fully saturated rings. The third-order valence-electron chi connectivity index (χ3n) is 23.2. The average molecular weight is 1470 g/mol. The molecule has 0 amide bonds. The van der Waals surface area contributed by atoms with E-state index in [-0.39, 0.29) is 0 Å². The first kappa shape index (κ1) is 63.8. The van der Waals surface area contributed by atoms with E-state index in [1.165, 1.54) is 96.9 Å². The number of aromatic nitrogens is 8. The molecule has 114 heavy (non-hydrogen) atoms. The second-order valence-electron chi connectivity index (χ2n) is 29.5. The van der Waals surface area contributed by atoms with E-state index in [9.17, 15) is 0 Å². The standard InChI is InChI=1S/C54H32N4S.C50H30N4O/c1-2-16-36(17-3-1)57-45-23-11-8-20-39(45)43-31-35(26-28-48(43)57)54-55-51(53-52(56-54)42-22-10-13-25-50(42)59-53)41-27-29-47(38-19-7-6-18-37(38)41)58-46-24-12-9-21-40(46)44-30-33-14-4-5-15-34(33)32-49(44)58;1-2-14-35(15-3-1)53-42-19-9-6-16-37(42)40-29-34(24-27-44(40)53)50-51-47(49-48(52-50)39-18-8-11-21-46(39)55-49)31-22-25-36(26-23-31)54-43-20-10-7-17-38(43)41-28-32-12-4-5-13-33(32)30-45(41)54/h1-32H;1-30H. The van der Waals surface area contributed by atoms with Gasteiger partial charge in [0.1, 0.15) is 16.8 Å². The van der Waals surface area contributed by atoms with Gasteiger partial charge in [-0.1, -0.05) is 231 Å². The molecule has 9 nitrogen and oxygen atoms in total. The monoisotopic (exact) mass is 1470 g/mol. The molecule has 0 atom stereocenters. The second-order valence-corrected chi connectivity index (χ2v) is 30.6. The molecule has 8 aromatic heterocycles. The Labute approximate surface area is 655 Å². The number of nitrogens with zero attached hydrogens (tertiary/aromatic N) is 8. The summed E-state index contributed by atoms with van der Waals surface area (Å²) in [6.45, 7) is 0. The number of para-hydroxylation sites is 7. The Balaban J connectivity index is 0.000000132. The Kier molecular flexibility index (Phi) is 14.1. The molecule has 0 N–H and O–H groups in total. The van der Waals surface area contributed by atoms with E-state index in [1.807, 2.05) is 18.2 Å². The first-order chi connectivity index (χ1) is 56.5. The lowest BCUT2D eigenvalue weighted by atomic mass is 9.99. The van der Waals surface area contributed by atoms with Crippen LogP contribution in [0.1, 0.15) is 0 Å². The number of furan rings is 1. The van der Waals surface area contributed by atoms with Crippen LogP contribution in [0.3, 0.4) is 0 Å². The second kappa shape index (κ2) is 25.2. The van der Waals surface area contributed by atoms with Gasteiger partial charge >= 0.3 is 0 Å². The molecule has 0 aliphatic heterocycles. The number of thiophene rings is 1. The molecule has 0 unspecified atom stereocenters. The van der Waals surface area contributed by atoms with Gasteiger partial charge in [0.05, 0.1) is 65.7 Å². The van der Waals surface area contributed by atoms with Crippen molar-refractivity contribution in [3.8, 4) is 68.0 Å². The zero-order valence-corrected chi connectivity index (χ0v) is 62.0. The van der Waals surface area contributed by atoms with Crippen molar-refractivity contribution in [2.45, 2.75) is 0 Å². The van der Waals surface area contributed by atoms with Crippen molar-refractivity contribution in [1.29, 1.82) is 0 Å². The highest BCUT2D eigenvalue weighted by Crippen LogP contribution is 2.47. The summed E-state index contributed by atoms with van der Waals surface area (Å²) in [7, 11) is 0. The summed E-state index contributed by atoms with van der Waals surface area (Å²) in [5.41, 5.74) is 22.9. The summed E-state index contributed by atoms with van der Waals surface area (Å²) in [6, 6.07) is 134. The van der Waals surface area contributed by atoms with Gasteiger partial charge in [0, 0.05) is 103 Å². The summed E-state index contributed by atoms with van der Waals surface area (Å²) >= 11 is 1.77. The molecule has 8 heterocycles. The van der Waals surface area contributed by atoms with Crippen molar-refractivity contribution in [3.05, 3.63) is 376 Å². The molecule has 17 aromatic carbocycles. The van der Waals surface area contributed by atoms with Crippen LogP contribution in [0.15, 0.2) is 381 Å². The van der Waals surface area contributed by atoms with Gasteiger partial charge in [-0.05, 0) is 173 Å². The van der Waals surface area contributed by atoms with Crippen LogP contribution < -0.4 is 0 Å². The molecule has 0 radical (unpaired) electrons. The van der Waals surface area contributed by atoms with E-state index < -0.39 is 0 Å². The highest BCUT2D eigenvalue weighted by Gasteiger charge is 2.25.